The van der Waals surface area contributed by atoms with Crippen molar-refractivity contribution < 1.29 is 14.3 Å². The average Bonchev–Trinajstić information content (AvgIpc) is 2.79. The van der Waals surface area contributed by atoms with Crippen LogP contribution in [-0.4, -0.2) is 41.4 Å². The van der Waals surface area contributed by atoms with Crippen LogP contribution in [0.5, 0.6) is 11.5 Å². The van der Waals surface area contributed by atoms with Gasteiger partial charge in [-0.1, -0.05) is 30.3 Å². The molecule has 1 amide bonds. The molecule has 1 aliphatic heterocycles. The van der Waals surface area contributed by atoms with Gasteiger partial charge in [0.25, 0.3) is 11.5 Å². The van der Waals surface area contributed by atoms with Gasteiger partial charge in [0, 0.05) is 19.7 Å². The van der Waals surface area contributed by atoms with Gasteiger partial charge in [0.1, 0.15) is 5.69 Å². The number of ether oxygens (including phenoxy) is 2. The first-order chi connectivity index (χ1) is 14.5. The Morgan fingerprint density at radius 2 is 1.73 bits per heavy atom. The number of hydrogen-bond donors (Lipinski definition) is 0. The topological polar surface area (TPSA) is 73.7 Å². The Bertz CT molecular complexity index is 1140. The number of aryl methyl sites for hydroxylation is 1. The van der Waals surface area contributed by atoms with Crippen LogP contribution < -0.4 is 15.0 Å². The summed E-state index contributed by atoms with van der Waals surface area (Å²) < 4.78 is 12.2. The summed E-state index contributed by atoms with van der Waals surface area (Å²) in [6, 6.07) is 16.3. The second-order valence-corrected chi connectivity index (χ2v) is 7.15. The van der Waals surface area contributed by atoms with Crippen molar-refractivity contribution in [1.82, 2.24) is 14.7 Å². The zero-order chi connectivity index (χ0) is 21.3. The number of hydrogen-bond acceptors (Lipinski definition) is 5. The maximum absolute atomic E-state index is 13.4. The van der Waals surface area contributed by atoms with Crippen molar-refractivity contribution in [1.29, 1.82) is 0 Å². The Morgan fingerprint density at radius 1 is 1.03 bits per heavy atom. The molecule has 0 spiro atoms. The lowest BCUT2D eigenvalue weighted by Gasteiger charge is -2.38. The predicted molar refractivity (Wildman–Crippen MR) is 112 cm³/mol. The summed E-state index contributed by atoms with van der Waals surface area (Å²) >= 11 is 0. The second-order valence-electron chi connectivity index (χ2n) is 7.15. The molecule has 0 radical (unpaired) electrons. The quantitative estimate of drug-likeness (QED) is 0.667. The third-order valence-electron chi connectivity index (χ3n) is 5.43. The highest BCUT2D eigenvalue weighted by atomic mass is 16.5. The number of aromatic nitrogens is 2. The average molecular weight is 405 g/mol. The van der Waals surface area contributed by atoms with Gasteiger partial charge < -0.3 is 14.4 Å². The Kier molecular flexibility index (Phi) is 5.27. The summed E-state index contributed by atoms with van der Waals surface area (Å²) in [6.45, 7) is 0.519. The first kappa shape index (κ1) is 19.7. The molecule has 154 valence electrons. The first-order valence-electron chi connectivity index (χ1n) is 9.68. The van der Waals surface area contributed by atoms with Gasteiger partial charge in [0.15, 0.2) is 11.5 Å². The minimum absolute atomic E-state index is 0.222. The number of carbonyl (C=O) groups excluding carboxylic acids is 1. The molecule has 1 aliphatic rings. The number of nitrogens with zero attached hydrogens (tertiary/aromatic N) is 3. The lowest BCUT2D eigenvalue weighted by molar-refractivity contribution is 0.0685. The Labute approximate surface area is 174 Å². The normalized spacial score (nSPS) is 15.4. The zero-order valence-corrected chi connectivity index (χ0v) is 17.2. The lowest BCUT2D eigenvalue weighted by atomic mass is 9.87. The molecule has 0 fully saturated rings. The van der Waals surface area contributed by atoms with Gasteiger partial charge in [-0.2, -0.15) is 5.10 Å². The largest absolute Gasteiger partial charge is 0.493 e. The molecular weight excluding hydrogens is 382 g/mol. The zero-order valence-electron chi connectivity index (χ0n) is 17.2. The predicted octanol–water partition coefficient (Wildman–Crippen LogP) is 2.59. The fraction of sp³-hybridized carbons (Fsp3) is 0.261. The van der Waals surface area contributed by atoms with Crippen molar-refractivity contribution in [3.63, 3.8) is 0 Å². The van der Waals surface area contributed by atoms with Gasteiger partial charge in [0.05, 0.1) is 20.3 Å². The van der Waals surface area contributed by atoms with E-state index in [0.29, 0.717) is 24.5 Å². The third-order valence-corrected chi connectivity index (χ3v) is 5.43. The summed E-state index contributed by atoms with van der Waals surface area (Å²) in [5.74, 6) is 1.06. The third kappa shape index (κ3) is 3.43. The minimum atomic E-state index is -0.304. The molecule has 2 aromatic carbocycles. The highest BCUT2D eigenvalue weighted by Gasteiger charge is 2.34. The molecule has 0 bridgehead atoms. The molecule has 1 aromatic heterocycles. The van der Waals surface area contributed by atoms with Gasteiger partial charge in [-0.15, -0.1) is 0 Å². The Balaban J connectivity index is 1.84. The van der Waals surface area contributed by atoms with E-state index in [-0.39, 0.29) is 23.2 Å². The first-order valence-corrected chi connectivity index (χ1v) is 9.68. The highest BCUT2D eigenvalue weighted by Crippen LogP contribution is 2.41. The fourth-order valence-corrected chi connectivity index (χ4v) is 3.92. The Morgan fingerprint density at radius 3 is 2.40 bits per heavy atom. The number of carbonyl (C=O) groups is 1. The van der Waals surface area contributed by atoms with E-state index >= 15 is 0 Å². The van der Waals surface area contributed by atoms with Gasteiger partial charge >= 0.3 is 0 Å². The van der Waals surface area contributed by atoms with Crippen molar-refractivity contribution >= 4 is 5.91 Å². The maximum atomic E-state index is 13.4. The molecule has 0 unspecified atom stereocenters. The van der Waals surface area contributed by atoms with Crippen molar-refractivity contribution in [2.75, 3.05) is 20.8 Å². The monoisotopic (exact) mass is 405 g/mol. The van der Waals surface area contributed by atoms with Crippen molar-refractivity contribution in [3.8, 4) is 11.5 Å². The van der Waals surface area contributed by atoms with Crippen LogP contribution in [-0.2, 0) is 13.5 Å². The molecule has 0 N–H and O–H groups in total. The minimum Gasteiger partial charge on any atom is -0.493 e. The molecule has 0 aliphatic carbocycles. The Hall–Kier alpha value is -3.61. The summed E-state index contributed by atoms with van der Waals surface area (Å²) in [6.07, 6.45) is 0.677. The van der Waals surface area contributed by atoms with Crippen molar-refractivity contribution in [3.05, 3.63) is 87.3 Å². The molecule has 0 saturated heterocycles. The van der Waals surface area contributed by atoms with Crippen LogP contribution >= 0.6 is 0 Å². The van der Waals surface area contributed by atoms with Crippen LogP contribution in [0.4, 0.5) is 0 Å². The van der Waals surface area contributed by atoms with E-state index in [2.05, 4.69) is 5.10 Å². The van der Waals surface area contributed by atoms with Gasteiger partial charge in [-0.3, -0.25) is 9.59 Å². The molecule has 0 saturated carbocycles. The van der Waals surface area contributed by atoms with E-state index < -0.39 is 0 Å². The van der Waals surface area contributed by atoms with E-state index in [1.165, 1.54) is 23.9 Å². The summed E-state index contributed by atoms with van der Waals surface area (Å²) in [5.41, 5.74) is 3.07. The number of amides is 1. The van der Waals surface area contributed by atoms with Crippen LogP contribution in [0.15, 0.2) is 59.4 Å². The van der Waals surface area contributed by atoms with Gasteiger partial charge in [-0.05, 0) is 41.3 Å². The molecule has 4 rings (SSSR count). The molecule has 7 nitrogen and oxygen atoms in total. The van der Waals surface area contributed by atoms with Crippen LogP contribution in [0.1, 0.15) is 33.2 Å². The maximum Gasteiger partial charge on any atom is 0.275 e. The van der Waals surface area contributed by atoms with E-state index in [1.807, 2.05) is 42.5 Å². The van der Waals surface area contributed by atoms with Gasteiger partial charge in [-0.25, -0.2) is 4.68 Å². The molecule has 7 heteroatoms. The van der Waals surface area contributed by atoms with Crippen LogP contribution in [0, 0.1) is 0 Å². The molecule has 3 aromatic rings. The van der Waals surface area contributed by atoms with Gasteiger partial charge in [0.2, 0.25) is 0 Å². The van der Waals surface area contributed by atoms with Crippen molar-refractivity contribution in [2.45, 2.75) is 12.5 Å². The smallest absolute Gasteiger partial charge is 0.275 e. The fourth-order valence-electron chi connectivity index (χ4n) is 3.92. The lowest BCUT2D eigenvalue weighted by Crippen LogP contribution is -2.41. The molecule has 30 heavy (non-hydrogen) atoms. The summed E-state index contributed by atoms with van der Waals surface area (Å²) in [5, 5.41) is 4.16. The highest BCUT2D eigenvalue weighted by molar-refractivity contribution is 5.93. The number of rotatable bonds is 4. The standard InChI is InChI=1S/C23H23N3O4/c1-25-21(27)10-9-18(24-25)23(28)26-12-11-16-13-19(29-2)20(30-3)14-17(16)22(26)15-7-5-4-6-8-15/h4-10,13-14,22H,11-12H2,1-3H3/t22-/m1/s1. The number of methoxy groups -OCH3 is 2. The SMILES string of the molecule is COc1cc2c(cc1OC)[C@@H](c1ccccc1)N(C(=O)c1ccc(=O)n(C)n1)CC2. The van der Waals surface area contributed by atoms with E-state index in [4.69, 9.17) is 9.47 Å². The van der Waals surface area contributed by atoms with E-state index in [1.54, 1.807) is 19.1 Å². The van der Waals surface area contributed by atoms with E-state index in [0.717, 1.165) is 16.7 Å². The molecular formula is C23H23N3O4. The summed E-state index contributed by atoms with van der Waals surface area (Å²) in [4.78, 5) is 26.9. The second kappa shape index (κ2) is 8.02. The van der Waals surface area contributed by atoms with Crippen LogP contribution in [0.3, 0.4) is 0 Å². The van der Waals surface area contributed by atoms with E-state index in [9.17, 15) is 9.59 Å². The van der Waals surface area contributed by atoms with Crippen LogP contribution in [0.2, 0.25) is 0 Å². The van der Waals surface area contributed by atoms with Crippen LogP contribution in [0.25, 0.3) is 0 Å². The van der Waals surface area contributed by atoms with Crippen molar-refractivity contribution in [2.24, 2.45) is 7.05 Å². The number of benzene rings is 2. The molecule has 1 atom stereocenters. The molecule has 2 heterocycles. The number of fused-ring (bicyclic) bond motifs is 1. The summed E-state index contributed by atoms with van der Waals surface area (Å²) in [7, 11) is 4.75.